The first-order valence-corrected chi connectivity index (χ1v) is 4.76. The SMILES string of the molecule is FC(F)(F)Cc1noc(C2CNCCO2)n1. The number of hydrogen-bond acceptors (Lipinski definition) is 5. The third-order valence-corrected chi connectivity index (χ3v) is 2.05. The van der Waals surface area contributed by atoms with Crippen LogP contribution >= 0.6 is 0 Å². The van der Waals surface area contributed by atoms with Gasteiger partial charge in [0.15, 0.2) is 5.82 Å². The molecule has 1 aromatic rings. The number of nitrogens with one attached hydrogen (secondary N) is 1. The van der Waals surface area contributed by atoms with Crippen molar-refractivity contribution in [3.8, 4) is 0 Å². The number of hydrogen-bond donors (Lipinski definition) is 1. The number of morpholine rings is 1. The zero-order valence-electron chi connectivity index (χ0n) is 8.25. The largest absolute Gasteiger partial charge is 0.396 e. The zero-order chi connectivity index (χ0) is 11.6. The lowest BCUT2D eigenvalue weighted by atomic mass is 10.3. The lowest BCUT2D eigenvalue weighted by molar-refractivity contribution is -0.128. The Kier molecular flexibility index (Phi) is 3.10. The minimum atomic E-state index is -4.33. The fourth-order valence-electron chi connectivity index (χ4n) is 1.37. The van der Waals surface area contributed by atoms with Gasteiger partial charge in [0.05, 0.1) is 6.61 Å². The van der Waals surface area contributed by atoms with E-state index >= 15 is 0 Å². The van der Waals surface area contributed by atoms with E-state index in [1.165, 1.54) is 0 Å². The Bertz CT molecular complexity index is 347. The van der Waals surface area contributed by atoms with Crippen LogP contribution in [0.3, 0.4) is 0 Å². The van der Waals surface area contributed by atoms with Gasteiger partial charge in [-0.1, -0.05) is 5.16 Å². The van der Waals surface area contributed by atoms with Gasteiger partial charge >= 0.3 is 6.18 Å². The highest BCUT2D eigenvalue weighted by molar-refractivity contribution is 4.93. The highest BCUT2D eigenvalue weighted by Gasteiger charge is 2.31. The van der Waals surface area contributed by atoms with E-state index < -0.39 is 18.7 Å². The predicted molar refractivity (Wildman–Crippen MR) is 45.6 cm³/mol. The van der Waals surface area contributed by atoms with Crippen molar-refractivity contribution in [3.63, 3.8) is 0 Å². The van der Waals surface area contributed by atoms with E-state index in [2.05, 4.69) is 15.5 Å². The van der Waals surface area contributed by atoms with Gasteiger partial charge in [-0.2, -0.15) is 18.2 Å². The molecule has 0 bridgehead atoms. The summed E-state index contributed by atoms with van der Waals surface area (Å²) in [7, 11) is 0. The van der Waals surface area contributed by atoms with Crippen LogP contribution in [-0.2, 0) is 11.2 Å². The molecule has 90 valence electrons. The van der Waals surface area contributed by atoms with Crippen molar-refractivity contribution in [2.45, 2.75) is 18.7 Å². The van der Waals surface area contributed by atoms with E-state index in [4.69, 9.17) is 9.26 Å². The topological polar surface area (TPSA) is 60.2 Å². The Morgan fingerprint density at radius 1 is 1.44 bits per heavy atom. The number of aromatic nitrogens is 2. The highest BCUT2D eigenvalue weighted by Crippen LogP contribution is 2.22. The third-order valence-electron chi connectivity index (χ3n) is 2.05. The van der Waals surface area contributed by atoms with Gasteiger partial charge in [0.25, 0.3) is 5.89 Å². The molecule has 5 nitrogen and oxygen atoms in total. The van der Waals surface area contributed by atoms with Crippen molar-refractivity contribution in [1.29, 1.82) is 0 Å². The average Bonchev–Trinajstić information content (AvgIpc) is 2.65. The van der Waals surface area contributed by atoms with E-state index in [1.54, 1.807) is 0 Å². The van der Waals surface area contributed by atoms with Gasteiger partial charge in [-0.3, -0.25) is 0 Å². The van der Waals surface area contributed by atoms with Crippen molar-refractivity contribution in [2.75, 3.05) is 19.7 Å². The summed E-state index contributed by atoms with van der Waals surface area (Å²) >= 11 is 0. The Morgan fingerprint density at radius 2 is 2.25 bits per heavy atom. The molecule has 16 heavy (non-hydrogen) atoms. The smallest absolute Gasteiger partial charge is 0.366 e. The predicted octanol–water partition coefficient (Wildman–Crippen LogP) is 0.835. The molecule has 0 aromatic carbocycles. The Hall–Kier alpha value is -1.15. The zero-order valence-corrected chi connectivity index (χ0v) is 8.25. The number of rotatable bonds is 2. The molecule has 1 N–H and O–H groups in total. The molecule has 1 unspecified atom stereocenters. The molecule has 0 aliphatic carbocycles. The maximum absolute atomic E-state index is 12.0. The second kappa shape index (κ2) is 4.38. The molecular weight excluding hydrogens is 227 g/mol. The standard InChI is InChI=1S/C8H10F3N3O2/c9-8(10,11)3-6-13-7(16-14-6)5-4-12-1-2-15-5/h5,12H,1-4H2. The first-order chi connectivity index (χ1) is 7.54. The fourth-order valence-corrected chi connectivity index (χ4v) is 1.37. The molecule has 0 spiro atoms. The molecule has 2 heterocycles. The van der Waals surface area contributed by atoms with Crippen LogP contribution in [0.5, 0.6) is 0 Å². The summed E-state index contributed by atoms with van der Waals surface area (Å²) in [5.41, 5.74) is 0. The van der Waals surface area contributed by atoms with Crippen LogP contribution < -0.4 is 5.32 Å². The maximum Gasteiger partial charge on any atom is 0.396 e. The van der Waals surface area contributed by atoms with Gasteiger partial charge in [0, 0.05) is 13.1 Å². The van der Waals surface area contributed by atoms with Crippen molar-refractivity contribution in [3.05, 3.63) is 11.7 Å². The summed E-state index contributed by atoms with van der Waals surface area (Å²) < 4.78 is 46.1. The molecule has 0 radical (unpaired) electrons. The first kappa shape index (κ1) is 11.3. The molecule has 1 aromatic heterocycles. The number of halogens is 3. The van der Waals surface area contributed by atoms with Gasteiger partial charge in [0.2, 0.25) is 0 Å². The first-order valence-electron chi connectivity index (χ1n) is 4.76. The second-order valence-electron chi connectivity index (χ2n) is 3.40. The summed E-state index contributed by atoms with van der Waals surface area (Å²) in [6.07, 6.45) is -5.97. The molecule has 1 aliphatic rings. The molecule has 1 atom stereocenters. The monoisotopic (exact) mass is 237 g/mol. The van der Waals surface area contributed by atoms with Gasteiger partial charge in [-0.25, -0.2) is 0 Å². The Balaban J connectivity index is 2.01. The van der Waals surface area contributed by atoms with Crippen molar-refractivity contribution < 1.29 is 22.4 Å². The van der Waals surface area contributed by atoms with E-state index in [1.807, 2.05) is 0 Å². The summed E-state index contributed by atoms with van der Waals surface area (Å²) in [5.74, 6) is -0.275. The van der Waals surface area contributed by atoms with Gasteiger partial charge < -0.3 is 14.6 Å². The molecular formula is C8H10F3N3O2. The minimum absolute atomic E-state index is 0.0893. The second-order valence-corrected chi connectivity index (χ2v) is 3.40. The van der Waals surface area contributed by atoms with Crippen LogP contribution in [-0.4, -0.2) is 36.0 Å². The van der Waals surface area contributed by atoms with E-state index in [9.17, 15) is 13.2 Å². The Labute approximate surface area is 89.0 Å². The minimum Gasteiger partial charge on any atom is -0.366 e. The van der Waals surface area contributed by atoms with E-state index in [0.29, 0.717) is 19.7 Å². The summed E-state index contributed by atoms with van der Waals surface area (Å²) in [5, 5.41) is 6.28. The van der Waals surface area contributed by atoms with Crippen molar-refractivity contribution >= 4 is 0 Å². The summed E-state index contributed by atoms with van der Waals surface area (Å²) in [4.78, 5) is 3.66. The normalized spacial score (nSPS) is 22.3. The molecule has 2 rings (SSSR count). The van der Waals surface area contributed by atoms with Crippen LogP contribution in [0.4, 0.5) is 13.2 Å². The number of nitrogens with zero attached hydrogens (tertiary/aromatic N) is 2. The summed E-state index contributed by atoms with van der Waals surface area (Å²) in [6.45, 7) is 1.65. The van der Waals surface area contributed by atoms with Gasteiger partial charge in [-0.05, 0) is 0 Å². The van der Waals surface area contributed by atoms with Crippen LogP contribution in [0.25, 0.3) is 0 Å². The maximum atomic E-state index is 12.0. The van der Waals surface area contributed by atoms with Crippen molar-refractivity contribution in [2.24, 2.45) is 0 Å². The number of alkyl halides is 3. The van der Waals surface area contributed by atoms with Crippen molar-refractivity contribution in [1.82, 2.24) is 15.5 Å². The highest BCUT2D eigenvalue weighted by atomic mass is 19.4. The van der Waals surface area contributed by atoms with E-state index in [-0.39, 0.29) is 11.7 Å². The van der Waals surface area contributed by atoms with E-state index in [0.717, 1.165) is 0 Å². The average molecular weight is 237 g/mol. The Morgan fingerprint density at radius 3 is 2.88 bits per heavy atom. The molecule has 1 saturated heterocycles. The van der Waals surface area contributed by atoms with Gasteiger partial charge in [0.1, 0.15) is 12.5 Å². The number of ether oxygens (including phenoxy) is 1. The van der Waals surface area contributed by atoms with Crippen LogP contribution in [0.15, 0.2) is 4.52 Å². The lowest BCUT2D eigenvalue weighted by Crippen LogP contribution is -2.33. The fraction of sp³-hybridized carbons (Fsp3) is 0.750. The lowest BCUT2D eigenvalue weighted by Gasteiger charge is -2.19. The molecule has 8 heteroatoms. The van der Waals surface area contributed by atoms with Crippen LogP contribution in [0, 0.1) is 0 Å². The molecule has 0 amide bonds. The summed E-state index contributed by atoms with van der Waals surface area (Å²) in [6, 6.07) is 0. The molecule has 0 saturated carbocycles. The third kappa shape index (κ3) is 2.92. The van der Waals surface area contributed by atoms with Crippen LogP contribution in [0.1, 0.15) is 17.8 Å². The molecule has 1 fully saturated rings. The van der Waals surface area contributed by atoms with Crippen LogP contribution in [0.2, 0.25) is 0 Å². The van der Waals surface area contributed by atoms with Gasteiger partial charge in [-0.15, -0.1) is 0 Å². The molecule has 1 aliphatic heterocycles. The quantitative estimate of drug-likeness (QED) is 0.825.